The quantitative estimate of drug-likeness (QED) is 0.755. The minimum Gasteiger partial charge on any atom is -0.467 e. The number of nitrogens with one attached hydrogen (secondary N) is 1. The van der Waals surface area contributed by atoms with Crippen LogP contribution in [0.2, 0.25) is 0 Å². The molecule has 1 N–H and O–H groups in total. The second-order valence-corrected chi connectivity index (χ2v) is 7.21. The summed E-state index contributed by atoms with van der Waals surface area (Å²) in [5.74, 6) is 0.159. The van der Waals surface area contributed by atoms with Crippen LogP contribution in [0.4, 0.5) is 4.39 Å². The summed E-state index contributed by atoms with van der Waals surface area (Å²) in [5, 5.41) is 7.45. The Labute approximate surface area is 151 Å². The van der Waals surface area contributed by atoms with Gasteiger partial charge in [-0.25, -0.2) is 4.39 Å². The maximum absolute atomic E-state index is 13.1. The second kappa shape index (κ2) is 7.15. The maximum atomic E-state index is 13.1. The zero-order valence-corrected chi connectivity index (χ0v) is 15.1. The molecule has 26 heavy (non-hydrogen) atoms. The molecule has 0 aliphatic carbocycles. The highest BCUT2D eigenvalue weighted by molar-refractivity contribution is 5.92. The Morgan fingerprint density at radius 1 is 1.23 bits per heavy atom. The van der Waals surface area contributed by atoms with Crippen molar-refractivity contribution >= 4 is 5.91 Å². The van der Waals surface area contributed by atoms with Gasteiger partial charge in [-0.2, -0.15) is 5.10 Å². The molecule has 0 saturated heterocycles. The molecule has 0 aliphatic rings. The molecule has 0 fully saturated rings. The minimum atomic E-state index is -0.291. The van der Waals surface area contributed by atoms with Gasteiger partial charge in [0, 0.05) is 5.41 Å². The summed E-state index contributed by atoms with van der Waals surface area (Å²) in [7, 11) is 0. The third-order valence-corrected chi connectivity index (χ3v) is 4.03. The Kier molecular flexibility index (Phi) is 4.93. The van der Waals surface area contributed by atoms with Crippen molar-refractivity contribution in [3.63, 3.8) is 0 Å². The third kappa shape index (κ3) is 4.20. The van der Waals surface area contributed by atoms with Crippen molar-refractivity contribution in [2.24, 2.45) is 0 Å². The standard InChI is InChI=1S/C20H22FN3O2/c1-20(2,3)18-11-17(19(25)22-12-16-5-4-10-26-16)24(23-18)13-14-6-8-15(21)9-7-14/h4-11H,12-13H2,1-3H3,(H,22,25). The van der Waals surface area contributed by atoms with Crippen LogP contribution < -0.4 is 5.32 Å². The first kappa shape index (κ1) is 17.9. The Hall–Kier alpha value is -2.89. The van der Waals surface area contributed by atoms with E-state index in [1.54, 1.807) is 41.3 Å². The Bertz CT molecular complexity index is 875. The van der Waals surface area contributed by atoms with Gasteiger partial charge >= 0.3 is 0 Å². The van der Waals surface area contributed by atoms with Gasteiger partial charge in [0.1, 0.15) is 17.3 Å². The van der Waals surface area contributed by atoms with Gasteiger partial charge in [-0.3, -0.25) is 9.48 Å². The molecular weight excluding hydrogens is 333 g/mol. The summed E-state index contributed by atoms with van der Waals surface area (Å²) in [6.45, 7) is 6.82. The molecule has 1 amide bonds. The fraction of sp³-hybridized carbons (Fsp3) is 0.300. The highest BCUT2D eigenvalue weighted by atomic mass is 19.1. The van der Waals surface area contributed by atoms with Gasteiger partial charge < -0.3 is 9.73 Å². The normalized spacial score (nSPS) is 11.5. The third-order valence-electron chi connectivity index (χ3n) is 4.03. The number of benzene rings is 1. The fourth-order valence-electron chi connectivity index (χ4n) is 2.52. The van der Waals surface area contributed by atoms with Crippen molar-refractivity contribution in [3.05, 3.63) is 77.3 Å². The first-order valence-electron chi connectivity index (χ1n) is 8.46. The molecule has 0 atom stereocenters. The average Bonchev–Trinajstić information content (AvgIpc) is 3.24. The van der Waals surface area contributed by atoms with Crippen LogP contribution in [0.5, 0.6) is 0 Å². The van der Waals surface area contributed by atoms with Crippen molar-refractivity contribution in [1.29, 1.82) is 0 Å². The Morgan fingerprint density at radius 3 is 2.58 bits per heavy atom. The molecule has 5 nitrogen and oxygen atoms in total. The van der Waals surface area contributed by atoms with Crippen LogP contribution in [-0.4, -0.2) is 15.7 Å². The van der Waals surface area contributed by atoms with Crippen LogP contribution in [0.15, 0.2) is 53.1 Å². The number of carbonyl (C=O) groups excluding carboxylic acids is 1. The van der Waals surface area contributed by atoms with Crippen LogP contribution in [0.1, 0.15) is 48.3 Å². The molecule has 0 bridgehead atoms. The number of carbonyl (C=O) groups is 1. The van der Waals surface area contributed by atoms with Crippen LogP contribution in [-0.2, 0) is 18.5 Å². The molecule has 0 aliphatic heterocycles. The molecule has 0 spiro atoms. The van der Waals surface area contributed by atoms with E-state index in [-0.39, 0.29) is 17.1 Å². The van der Waals surface area contributed by atoms with Crippen LogP contribution in [0.25, 0.3) is 0 Å². The van der Waals surface area contributed by atoms with Crippen molar-refractivity contribution in [3.8, 4) is 0 Å². The molecule has 1 aromatic carbocycles. The first-order chi connectivity index (χ1) is 12.3. The van der Waals surface area contributed by atoms with Gasteiger partial charge in [-0.15, -0.1) is 0 Å². The Balaban J connectivity index is 1.85. The first-order valence-corrected chi connectivity index (χ1v) is 8.46. The minimum absolute atomic E-state index is 0.190. The lowest BCUT2D eigenvalue weighted by molar-refractivity contribution is 0.0937. The largest absolute Gasteiger partial charge is 0.467 e. The van der Waals surface area contributed by atoms with E-state index in [0.29, 0.717) is 24.5 Å². The summed E-state index contributed by atoms with van der Waals surface area (Å²) in [5.41, 5.74) is 1.97. The molecule has 6 heteroatoms. The molecule has 0 unspecified atom stereocenters. The average molecular weight is 355 g/mol. The van der Waals surface area contributed by atoms with Crippen molar-refractivity contribution in [2.75, 3.05) is 0 Å². The van der Waals surface area contributed by atoms with E-state index in [1.165, 1.54) is 12.1 Å². The van der Waals surface area contributed by atoms with Gasteiger partial charge in [0.2, 0.25) is 0 Å². The van der Waals surface area contributed by atoms with Gasteiger partial charge in [-0.05, 0) is 35.9 Å². The van der Waals surface area contributed by atoms with E-state index in [0.717, 1.165) is 11.3 Å². The van der Waals surface area contributed by atoms with Crippen molar-refractivity contribution in [1.82, 2.24) is 15.1 Å². The van der Waals surface area contributed by atoms with E-state index < -0.39 is 0 Å². The number of furan rings is 1. The SMILES string of the molecule is CC(C)(C)c1cc(C(=O)NCc2ccco2)n(Cc2ccc(F)cc2)n1. The second-order valence-electron chi connectivity index (χ2n) is 7.21. The summed E-state index contributed by atoms with van der Waals surface area (Å²) in [4.78, 5) is 12.7. The summed E-state index contributed by atoms with van der Waals surface area (Å²) < 4.78 is 20.0. The number of hydrogen-bond acceptors (Lipinski definition) is 3. The predicted octanol–water partition coefficient (Wildman–Crippen LogP) is 3.89. The predicted molar refractivity (Wildman–Crippen MR) is 96.3 cm³/mol. The molecular formula is C20H22FN3O2. The number of amides is 1. The van der Waals surface area contributed by atoms with Crippen LogP contribution in [0.3, 0.4) is 0 Å². The zero-order chi connectivity index (χ0) is 18.7. The van der Waals surface area contributed by atoms with E-state index in [2.05, 4.69) is 10.4 Å². The molecule has 3 rings (SSSR count). The summed E-state index contributed by atoms with van der Waals surface area (Å²) >= 11 is 0. The number of hydrogen-bond donors (Lipinski definition) is 1. The van der Waals surface area contributed by atoms with E-state index in [9.17, 15) is 9.18 Å². The molecule has 2 aromatic heterocycles. The lowest BCUT2D eigenvalue weighted by Crippen LogP contribution is -2.25. The fourth-order valence-corrected chi connectivity index (χ4v) is 2.52. The Morgan fingerprint density at radius 2 is 1.96 bits per heavy atom. The highest BCUT2D eigenvalue weighted by Crippen LogP contribution is 2.22. The summed E-state index contributed by atoms with van der Waals surface area (Å²) in [6.07, 6.45) is 1.57. The number of rotatable bonds is 5. The monoisotopic (exact) mass is 355 g/mol. The molecule has 136 valence electrons. The van der Waals surface area contributed by atoms with Crippen LogP contribution in [0, 0.1) is 5.82 Å². The lowest BCUT2D eigenvalue weighted by atomic mass is 9.92. The van der Waals surface area contributed by atoms with E-state index in [4.69, 9.17) is 4.42 Å². The van der Waals surface area contributed by atoms with Gasteiger partial charge in [0.25, 0.3) is 5.91 Å². The number of nitrogens with zero attached hydrogens (tertiary/aromatic N) is 2. The molecule has 0 saturated carbocycles. The van der Waals surface area contributed by atoms with Crippen LogP contribution >= 0.6 is 0 Å². The van der Waals surface area contributed by atoms with E-state index in [1.807, 2.05) is 20.8 Å². The lowest BCUT2D eigenvalue weighted by Gasteiger charge is -2.14. The highest BCUT2D eigenvalue weighted by Gasteiger charge is 2.23. The van der Waals surface area contributed by atoms with Crippen molar-refractivity contribution < 1.29 is 13.6 Å². The van der Waals surface area contributed by atoms with Gasteiger partial charge in [-0.1, -0.05) is 32.9 Å². The topological polar surface area (TPSA) is 60.1 Å². The zero-order valence-electron chi connectivity index (χ0n) is 15.1. The molecule has 2 heterocycles. The van der Waals surface area contributed by atoms with E-state index >= 15 is 0 Å². The van der Waals surface area contributed by atoms with Crippen molar-refractivity contribution in [2.45, 2.75) is 39.3 Å². The number of halogens is 1. The maximum Gasteiger partial charge on any atom is 0.269 e. The summed E-state index contributed by atoms with van der Waals surface area (Å²) in [6, 6.07) is 11.6. The molecule has 0 radical (unpaired) electrons. The van der Waals surface area contributed by atoms with Gasteiger partial charge in [0.05, 0.1) is 25.0 Å². The smallest absolute Gasteiger partial charge is 0.269 e. The molecule has 3 aromatic rings. The number of aromatic nitrogens is 2. The van der Waals surface area contributed by atoms with Gasteiger partial charge in [0.15, 0.2) is 0 Å².